The summed E-state index contributed by atoms with van der Waals surface area (Å²) in [4.78, 5) is -0.0241. The van der Waals surface area contributed by atoms with Crippen LogP contribution in [-0.2, 0) is 17.1 Å². The van der Waals surface area contributed by atoms with Crippen LogP contribution < -0.4 is 15.2 Å². The minimum absolute atomic E-state index is 0.0241. The van der Waals surface area contributed by atoms with Crippen LogP contribution in [0.25, 0.3) is 0 Å². The third-order valence-corrected chi connectivity index (χ3v) is 4.94. The first-order valence-corrected chi connectivity index (χ1v) is 8.18. The Labute approximate surface area is 131 Å². The fourth-order valence-corrected chi connectivity index (χ4v) is 3.73. The number of benzene rings is 1. The Hall–Kier alpha value is -1.74. The molecule has 0 unspecified atom stereocenters. The van der Waals surface area contributed by atoms with E-state index in [4.69, 9.17) is 10.5 Å². The SMILES string of the molecule is COc1cc(Br)cc(NS(=O)(=O)c2c(N)nn(C)c2C)c1. The van der Waals surface area contributed by atoms with Gasteiger partial charge < -0.3 is 10.5 Å². The first kappa shape index (κ1) is 15.6. The lowest BCUT2D eigenvalue weighted by Crippen LogP contribution is -2.15. The number of aromatic nitrogens is 2. The van der Waals surface area contributed by atoms with Gasteiger partial charge in [-0.1, -0.05) is 15.9 Å². The maximum Gasteiger partial charge on any atom is 0.267 e. The van der Waals surface area contributed by atoms with Gasteiger partial charge in [-0.25, -0.2) is 8.42 Å². The van der Waals surface area contributed by atoms with Gasteiger partial charge >= 0.3 is 0 Å². The molecule has 0 amide bonds. The van der Waals surface area contributed by atoms with Crippen molar-refractivity contribution < 1.29 is 13.2 Å². The van der Waals surface area contributed by atoms with Gasteiger partial charge in [-0.2, -0.15) is 5.10 Å². The first-order chi connectivity index (χ1) is 9.74. The molecule has 0 saturated heterocycles. The topological polar surface area (TPSA) is 99.2 Å². The van der Waals surface area contributed by atoms with Gasteiger partial charge in [0.1, 0.15) is 5.75 Å². The number of rotatable bonds is 4. The van der Waals surface area contributed by atoms with E-state index in [0.717, 1.165) is 0 Å². The number of nitrogens with zero attached hydrogens (tertiary/aromatic N) is 2. The molecule has 114 valence electrons. The summed E-state index contributed by atoms with van der Waals surface area (Å²) in [7, 11) is -0.695. The average Bonchev–Trinajstić information content (AvgIpc) is 2.62. The largest absolute Gasteiger partial charge is 0.497 e. The molecular formula is C12H15BrN4O3S. The molecule has 2 rings (SSSR count). The van der Waals surface area contributed by atoms with E-state index < -0.39 is 10.0 Å². The highest BCUT2D eigenvalue weighted by molar-refractivity contribution is 9.10. The van der Waals surface area contributed by atoms with Crippen LogP contribution in [0.2, 0.25) is 0 Å². The zero-order chi connectivity index (χ0) is 15.8. The molecule has 0 radical (unpaired) electrons. The molecule has 0 bridgehead atoms. The van der Waals surface area contributed by atoms with Crippen molar-refractivity contribution >= 4 is 37.5 Å². The van der Waals surface area contributed by atoms with Crippen molar-refractivity contribution in [1.29, 1.82) is 0 Å². The minimum Gasteiger partial charge on any atom is -0.497 e. The number of hydrogen-bond donors (Lipinski definition) is 2. The molecule has 9 heteroatoms. The number of methoxy groups -OCH3 is 1. The Balaban J connectivity index is 2.44. The molecule has 0 aliphatic heterocycles. The monoisotopic (exact) mass is 374 g/mol. The van der Waals surface area contributed by atoms with Crippen molar-refractivity contribution in [2.45, 2.75) is 11.8 Å². The lowest BCUT2D eigenvalue weighted by Gasteiger charge is -2.10. The third-order valence-electron chi connectivity index (χ3n) is 2.93. The third kappa shape index (κ3) is 3.13. The molecule has 0 atom stereocenters. The van der Waals surface area contributed by atoms with E-state index in [1.165, 1.54) is 11.8 Å². The summed E-state index contributed by atoms with van der Waals surface area (Å²) in [6.07, 6.45) is 0. The molecular weight excluding hydrogens is 360 g/mol. The number of anilines is 2. The fraction of sp³-hybridized carbons (Fsp3) is 0.250. The predicted molar refractivity (Wildman–Crippen MR) is 83.9 cm³/mol. The molecule has 1 aromatic carbocycles. The average molecular weight is 375 g/mol. The van der Waals surface area contributed by atoms with E-state index in [1.54, 1.807) is 32.2 Å². The van der Waals surface area contributed by atoms with E-state index >= 15 is 0 Å². The van der Waals surface area contributed by atoms with Crippen LogP contribution in [0.4, 0.5) is 11.5 Å². The number of nitrogens with two attached hydrogens (primary N) is 1. The molecule has 3 N–H and O–H groups in total. The van der Waals surface area contributed by atoms with Crippen molar-refractivity contribution in [2.75, 3.05) is 17.6 Å². The molecule has 0 spiro atoms. The number of sulfonamides is 1. The number of ether oxygens (including phenoxy) is 1. The fourth-order valence-electron chi connectivity index (χ4n) is 1.89. The highest BCUT2D eigenvalue weighted by atomic mass is 79.9. The Morgan fingerprint density at radius 3 is 2.57 bits per heavy atom. The Kier molecular flexibility index (Phi) is 4.15. The molecule has 2 aromatic rings. The summed E-state index contributed by atoms with van der Waals surface area (Å²) >= 11 is 3.29. The van der Waals surface area contributed by atoms with E-state index in [2.05, 4.69) is 25.8 Å². The quantitative estimate of drug-likeness (QED) is 0.850. The van der Waals surface area contributed by atoms with Gasteiger partial charge in [0.05, 0.1) is 18.5 Å². The standard InChI is InChI=1S/C12H15BrN4O3S/c1-7-11(12(14)15-17(7)2)21(18,19)16-9-4-8(13)5-10(6-9)20-3/h4-6,16H,1-3H3,(H2,14,15). The molecule has 21 heavy (non-hydrogen) atoms. The molecule has 0 aliphatic carbocycles. The molecule has 0 aliphatic rings. The lowest BCUT2D eigenvalue weighted by atomic mass is 10.3. The molecule has 0 saturated carbocycles. The van der Waals surface area contributed by atoms with Crippen molar-refractivity contribution in [3.05, 3.63) is 28.4 Å². The van der Waals surface area contributed by atoms with Crippen LogP contribution in [0.3, 0.4) is 0 Å². The van der Waals surface area contributed by atoms with Crippen LogP contribution in [0.1, 0.15) is 5.69 Å². The van der Waals surface area contributed by atoms with Gasteiger partial charge in [0.25, 0.3) is 10.0 Å². The van der Waals surface area contributed by atoms with Crippen LogP contribution >= 0.6 is 15.9 Å². The van der Waals surface area contributed by atoms with Crippen LogP contribution in [0.15, 0.2) is 27.6 Å². The molecule has 0 fully saturated rings. The summed E-state index contributed by atoms with van der Waals surface area (Å²) < 4.78 is 34.6. The number of nitrogens with one attached hydrogen (secondary N) is 1. The second-order valence-corrected chi connectivity index (χ2v) is 6.94. The second kappa shape index (κ2) is 5.57. The Morgan fingerprint density at radius 2 is 2.05 bits per heavy atom. The minimum atomic E-state index is -3.83. The van der Waals surface area contributed by atoms with Crippen LogP contribution in [0.5, 0.6) is 5.75 Å². The van der Waals surface area contributed by atoms with Crippen LogP contribution in [0, 0.1) is 6.92 Å². The number of halogens is 1. The normalized spacial score (nSPS) is 11.4. The second-order valence-electron chi connectivity index (χ2n) is 4.41. The summed E-state index contributed by atoms with van der Waals surface area (Å²) in [6, 6.07) is 4.92. The summed E-state index contributed by atoms with van der Waals surface area (Å²) in [5, 5.41) is 3.91. The van der Waals surface area contributed by atoms with E-state index in [9.17, 15) is 8.42 Å². The van der Waals surface area contributed by atoms with Gasteiger partial charge in [0, 0.05) is 17.6 Å². The van der Waals surface area contributed by atoms with E-state index in [1.807, 2.05) is 0 Å². The van der Waals surface area contributed by atoms with Crippen molar-refractivity contribution in [3.8, 4) is 5.75 Å². The smallest absolute Gasteiger partial charge is 0.267 e. The highest BCUT2D eigenvalue weighted by Gasteiger charge is 2.24. The zero-order valence-electron chi connectivity index (χ0n) is 11.7. The van der Waals surface area contributed by atoms with Gasteiger partial charge in [-0.15, -0.1) is 0 Å². The van der Waals surface area contributed by atoms with Crippen molar-refractivity contribution in [2.24, 2.45) is 7.05 Å². The number of nitrogen functional groups attached to an aromatic ring is 1. The maximum absolute atomic E-state index is 12.5. The number of aryl methyl sites for hydroxylation is 1. The van der Waals surface area contributed by atoms with Crippen LogP contribution in [-0.4, -0.2) is 25.3 Å². The van der Waals surface area contributed by atoms with Crippen molar-refractivity contribution in [3.63, 3.8) is 0 Å². The summed E-state index contributed by atoms with van der Waals surface area (Å²) in [5.74, 6) is 0.488. The first-order valence-electron chi connectivity index (χ1n) is 5.91. The Morgan fingerprint density at radius 1 is 1.38 bits per heavy atom. The van der Waals surface area contributed by atoms with Gasteiger partial charge in [0.15, 0.2) is 10.7 Å². The predicted octanol–water partition coefficient (Wildman–Crippen LogP) is 1.88. The maximum atomic E-state index is 12.5. The van der Waals surface area contributed by atoms with Gasteiger partial charge in [-0.3, -0.25) is 9.40 Å². The summed E-state index contributed by atoms with van der Waals surface area (Å²) in [6.45, 7) is 1.64. The summed E-state index contributed by atoms with van der Waals surface area (Å²) in [5.41, 5.74) is 6.51. The number of hydrogen-bond acceptors (Lipinski definition) is 5. The lowest BCUT2D eigenvalue weighted by molar-refractivity contribution is 0.415. The van der Waals surface area contributed by atoms with E-state index in [-0.39, 0.29) is 10.7 Å². The van der Waals surface area contributed by atoms with E-state index in [0.29, 0.717) is 21.6 Å². The Bertz CT molecular complexity index is 786. The molecule has 1 heterocycles. The van der Waals surface area contributed by atoms with Gasteiger partial charge in [0.2, 0.25) is 0 Å². The van der Waals surface area contributed by atoms with Crippen molar-refractivity contribution in [1.82, 2.24) is 9.78 Å². The zero-order valence-corrected chi connectivity index (χ0v) is 14.1. The van der Waals surface area contributed by atoms with Gasteiger partial charge in [-0.05, 0) is 19.1 Å². The molecule has 7 nitrogen and oxygen atoms in total. The highest BCUT2D eigenvalue weighted by Crippen LogP contribution is 2.28. The molecule has 1 aromatic heterocycles.